The Morgan fingerprint density at radius 1 is 1.22 bits per heavy atom. The zero-order valence-electron chi connectivity index (χ0n) is 15.7. The Labute approximate surface area is 160 Å². The summed E-state index contributed by atoms with van der Waals surface area (Å²) in [4.78, 5) is 19.5. The van der Waals surface area contributed by atoms with E-state index < -0.39 is 0 Å². The Bertz CT molecular complexity index is 740. The predicted molar refractivity (Wildman–Crippen MR) is 103 cm³/mol. The highest BCUT2D eigenvalue weighted by molar-refractivity contribution is 5.78. The van der Waals surface area contributed by atoms with Crippen LogP contribution in [-0.2, 0) is 29.2 Å². The summed E-state index contributed by atoms with van der Waals surface area (Å²) in [6.07, 6.45) is 7.88. The van der Waals surface area contributed by atoms with Gasteiger partial charge in [-0.15, -0.1) is 0 Å². The average Bonchev–Trinajstić information content (AvgIpc) is 3.06. The van der Waals surface area contributed by atoms with Gasteiger partial charge in [0.25, 0.3) is 0 Å². The molecule has 2 aliphatic rings. The third-order valence-corrected chi connectivity index (χ3v) is 5.62. The second kappa shape index (κ2) is 8.67. The molecule has 1 amide bonds. The molecule has 0 saturated carbocycles. The van der Waals surface area contributed by atoms with Crippen molar-refractivity contribution in [3.05, 3.63) is 54.1 Å². The van der Waals surface area contributed by atoms with Crippen molar-refractivity contribution in [1.29, 1.82) is 0 Å². The van der Waals surface area contributed by atoms with Gasteiger partial charge in [0.1, 0.15) is 0 Å². The van der Waals surface area contributed by atoms with Crippen molar-refractivity contribution >= 4 is 5.91 Å². The number of aromatic nitrogens is 2. The molecule has 4 heterocycles. The van der Waals surface area contributed by atoms with Crippen LogP contribution in [0, 0.1) is 11.8 Å². The van der Waals surface area contributed by atoms with E-state index in [-0.39, 0.29) is 11.8 Å². The Balaban J connectivity index is 1.41. The van der Waals surface area contributed by atoms with Gasteiger partial charge in [0.2, 0.25) is 5.91 Å². The van der Waals surface area contributed by atoms with Crippen molar-refractivity contribution in [3.63, 3.8) is 0 Å². The monoisotopic (exact) mass is 368 g/mol. The number of pyridine rings is 1. The topological polar surface area (TPSA) is 59.4 Å². The molecule has 1 atom stereocenters. The fourth-order valence-corrected chi connectivity index (χ4v) is 4.11. The molecular weight excluding hydrogens is 340 g/mol. The SMILES string of the molecule is O=C(NCc1cccnc1)[C@H]1CN(CC2CCOCC2)Cc2cccn2C1. The highest BCUT2D eigenvalue weighted by Crippen LogP contribution is 2.22. The third-order valence-electron chi connectivity index (χ3n) is 5.62. The summed E-state index contributed by atoms with van der Waals surface area (Å²) in [5.74, 6) is 0.743. The molecule has 0 aromatic carbocycles. The minimum atomic E-state index is -0.0461. The first-order chi connectivity index (χ1) is 13.3. The van der Waals surface area contributed by atoms with Gasteiger partial charge in [0.15, 0.2) is 0 Å². The van der Waals surface area contributed by atoms with Gasteiger partial charge in [-0.2, -0.15) is 0 Å². The highest BCUT2D eigenvalue weighted by Gasteiger charge is 2.28. The molecule has 4 rings (SSSR count). The van der Waals surface area contributed by atoms with Crippen molar-refractivity contribution < 1.29 is 9.53 Å². The molecule has 2 aromatic heterocycles. The molecule has 0 unspecified atom stereocenters. The first-order valence-electron chi connectivity index (χ1n) is 9.88. The molecule has 1 fully saturated rings. The normalized spacial score (nSPS) is 21.4. The molecular formula is C21H28N4O2. The summed E-state index contributed by atoms with van der Waals surface area (Å²) in [5, 5.41) is 3.10. The Morgan fingerprint density at radius 3 is 2.93 bits per heavy atom. The summed E-state index contributed by atoms with van der Waals surface area (Å²) < 4.78 is 7.73. The molecule has 0 spiro atoms. The predicted octanol–water partition coefficient (Wildman–Crippen LogP) is 2.06. The molecule has 1 N–H and O–H groups in total. The van der Waals surface area contributed by atoms with Crippen LogP contribution in [0.5, 0.6) is 0 Å². The number of carbonyl (C=O) groups excluding carboxylic acids is 1. The van der Waals surface area contributed by atoms with Crippen molar-refractivity contribution in [2.75, 3.05) is 26.3 Å². The maximum atomic E-state index is 12.9. The van der Waals surface area contributed by atoms with Crippen LogP contribution in [0.15, 0.2) is 42.9 Å². The van der Waals surface area contributed by atoms with Crippen LogP contribution in [0.3, 0.4) is 0 Å². The van der Waals surface area contributed by atoms with Gasteiger partial charge in [-0.05, 0) is 42.5 Å². The summed E-state index contributed by atoms with van der Waals surface area (Å²) in [5.41, 5.74) is 2.32. The Kier molecular flexibility index (Phi) is 5.84. The molecule has 0 radical (unpaired) electrons. The van der Waals surface area contributed by atoms with E-state index in [4.69, 9.17) is 4.74 Å². The Hall–Kier alpha value is -2.18. The number of hydrogen-bond acceptors (Lipinski definition) is 4. The molecule has 6 nitrogen and oxygen atoms in total. The first-order valence-corrected chi connectivity index (χ1v) is 9.88. The lowest BCUT2D eigenvalue weighted by Crippen LogP contribution is -2.40. The zero-order chi connectivity index (χ0) is 18.5. The lowest BCUT2D eigenvalue weighted by Gasteiger charge is -2.30. The summed E-state index contributed by atoms with van der Waals surface area (Å²) >= 11 is 0. The number of fused-ring (bicyclic) bond motifs is 1. The van der Waals surface area contributed by atoms with Crippen LogP contribution in [0.1, 0.15) is 24.1 Å². The van der Waals surface area contributed by atoms with Gasteiger partial charge in [0, 0.05) is 70.2 Å². The second-order valence-corrected chi connectivity index (χ2v) is 7.68. The number of nitrogens with one attached hydrogen (secondary N) is 1. The quantitative estimate of drug-likeness (QED) is 0.878. The Morgan fingerprint density at radius 2 is 2.11 bits per heavy atom. The van der Waals surface area contributed by atoms with Crippen molar-refractivity contribution in [3.8, 4) is 0 Å². The molecule has 6 heteroatoms. The molecule has 1 saturated heterocycles. The third kappa shape index (κ3) is 4.76. The van der Waals surface area contributed by atoms with E-state index in [0.29, 0.717) is 12.5 Å². The molecule has 2 aromatic rings. The minimum absolute atomic E-state index is 0.0461. The molecule has 0 aliphatic carbocycles. The first kappa shape index (κ1) is 18.2. The van der Waals surface area contributed by atoms with Gasteiger partial charge >= 0.3 is 0 Å². The van der Waals surface area contributed by atoms with Gasteiger partial charge < -0.3 is 14.6 Å². The average molecular weight is 368 g/mol. The van der Waals surface area contributed by atoms with E-state index in [9.17, 15) is 4.79 Å². The molecule has 144 valence electrons. The van der Waals surface area contributed by atoms with Crippen LogP contribution in [0.4, 0.5) is 0 Å². The maximum absolute atomic E-state index is 12.9. The van der Waals surface area contributed by atoms with Gasteiger partial charge in [-0.25, -0.2) is 0 Å². The van der Waals surface area contributed by atoms with E-state index >= 15 is 0 Å². The smallest absolute Gasteiger partial charge is 0.226 e. The second-order valence-electron chi connectivity index (χ2n) is 7.68. The van der Waals surface area contributed by atoms with Gasteiger partial charge in [-0.3, -0.25) is 14.7 Å². The molecule has 0 bridgehead atoms. The van der Waals surface area contributed by atoms with Crippen molar-refractivity contribution in [2.24, 2.45) is 11.8 Å². The number of ether oxygens (including phenoxy) is 1. The lowest BCUT2D eigenvalue weighted by molar-refractivity contribution is -0.126. The number of nitrogens with zero attached hydrogens (tertiary/aromatic N) is 3. The van der Waals surface area contributed by atoms with Crippen LogP contribution in [-0.4, -0.2) is 46.7 Å². The molecule has 2 aliphatic heterocycles. The highest BCUT2D eigenvalue weighted by atomic mass is 16.5. The lowest BCUT2D eigenvalue weighted by atomic mass is 9.99. The summed E-state index contributed by atoms with van der Waals surface area (Å²) in [6.45, 7) is 5.76. The number of hydrogen-bond donors (Lipinski definition) is 1. The maximum Gasteiger partial charge on any atom is 0.226 e. The number of carbonyl (C=O) groups is 1. The fraction of sp³-hybridized carbons (Fsp3) is 0.524. The minimum Gasteiger partial charge on any atom is -0.381 e. The summed E-state index contributed by atoms with van der Waals surface area (Å²) in [7, 11) is 0. The largest absolute Gasteiger partial charge is 0.381 e. The van der Waals surface area contributed by atoms with Crippen LogP contribution in [0.25, 0.3) is 0 Å². The van der Waals surface area contributed by atoms with Crippen LogP contribution in [0.2, 0.25) is 0 Å². The number of amides is 1. The van der Waals surface area contributed by atoms with Gasteiger partial charge in [-0.1, -0.05) is 6.07 Å². The van der Waals surface area contributed by atoms with E-state index in [1.807, 2.05) is 12.1 Å². The number of rotatable bonds is 5. The summed E-state index contributed by atoms with van der Waals surface area (Å²) in [6, 6.07) is 8.14. The van der Waals surface area contributed by atoms with E-state index in [0.717, 1.165) is 57.8 Å². The van der Waals surface area contributed by atoms with Gasteiger partial charge in [0.05, 0.1) is 5.92 Å². The van der Waals surface area contributed by atoms with E-state index in [1.54, 1.807) is 12.4 Å². The molecule has 27 heavy (non-hydrogen) atoms. The fourth-order valence-electron chi connectivity index (χ4n) is 4.11. The van der Waals surface area contributed by atoms with Crippen LogP contribution >= 0.6 is 0 Å². The van der Waals surface area contributed by atoms with E-state index in [1.165, 1.54) is 5.69 Å². The van der Waals surface area contributed by atoms with E-state index in [2.05, 4.69) is 38.1 Å². The van der Waals surface area contributed by atoms with Crippen LogP contribution < -0.4 is 5.32 Å². The standard InChI is InChI=1S/C21H28N4O2/c26-21(23-12-18-3-1-7-22-11-18)19-14-24(13-17-5-9-27-10-6-17)16-20-4-2-8-25(20)15-19/h1-4,7-8,11,17,19H,5-6,9-10,12-16H2,(H,23,26)/t19-/m0/s1. The van der Waals surface area contributed by atoms with Crippen molar-refractivity contribution in [2.45, 2.75) is 32.5 Å². The van der Waals surface area contributed by atoms with Crippen molar-refractivity contribution in [1.82, 2.24) is 19.8 Å². The zero-order valence-corrected chi connectivity index (χ0v) is 15.7.